The molecular formula is C12H21N3S. The molecule has 1 aromatic rings. The monoisotopic (exact) mass is 239 g/mol. The molecule has 0 unspecified atom stereocenters. The number of rotatable bonds is 2. The highest BCUT2D eigenvalue weighted by atomic mass is 32.1. The molecule has 0 amide bonds. The smallest absolute Gasteiger partial charge is 0.107 e. The van der Waals surface area contributed by atoms with Gasteiger partial charge in [0, 0.05) is 29.9 Å². The van der Waals surface area contributed by atoms with E-state index in [0.717, 1.165) is 26.1 Å². The highest BCUT2D eigenvalue weighted by molar-refractivity contribution is 7.09. The molecule has 1 atom stereocenters. The van der Waals surface area contributed by atoms with Crippen LogP contribution in [0.15, 0.2) is 5.38 Å². The average molecular weight is 239 g/mol. The maximum Gasteiger partial charge on any atom is 0.107 e. The van der Waals surface area contributed by atoms with Gasteiger partial charge in [-0.1, -0.05) is 20.8 Å². The third kappa shape index (κ3) is 2.81. The van der Waals surface area contributed by atoms with Gasteiger partial charge in [0.05, 0.1) is 12.2 Å². The van der Waals surface area contributed by atoms with Gasteiger partial charge in [-0.2, -0.15) is 0 Å². The summed E-state index contributed by atoms with van der Waals surface area (Å²) in [5.41, 5.74) is 7.26. The van der Waals surface area contributed by atoms with E-state index in [1.807, 2.05) is 0 Å². The van der Waals surface area contributed by atoms with Gasteiger partial charge in [-0.3, -0.25) is 4.90 Å². The summed E-state index contributed by atoms with van der Waals surface area (Å²) in [6.07, 6.45) is 1.12. The van der Waals surface area contributed by atoms with Gasteiger partial charge < -0.3 is 5.73 Å². The lowest BCUT2D eigenvalue weighted by molar-refractivity contribution is 0.325. The summed E-state index contributed by atoms with van der Waals surface area (Å²) in [4.78, 5) is 7.10. The van der Waals surface area contributed by atoms with E-state index in [-0.39, 0.29) is 5.41 Å². The predicted molar refractivity (Wildman–Crippen MR) is 68.7 cm³/mol. The summed E-state index contributed by atoms with van der Waals surface area (Å²) in [7, 11) is 0. The van der Waals surface area contributed by atoms with Crippen molar-refractivity contribution in [2.24, 2.45) is 5.73 Å². The molecule has 1 aliphatic rings. The third-order valence-corrected chi connectivity index (χ3v) is 3.82. The average Bonchev–Trinajstić information content (AvgIpc) is 2.74. The van der Waals surface area contributed by atoms with E-state index in [4.69, 9.17) is 10.7 Å². The molecule has 0 aliphatic carbocycles. The zero-order valence-corrected chi connectivity index (χ0v) is 11.2. The van der Waals surface area contributed by atoms with Gasteiger partial charge in [-0.15, -0.1) is 11.3 Å². The zero-order chi connectivity index (χ0) is 11.8. The van der Waals surface area contributed by atoms with E-state index >= 15 is 0 Å². The molecule has 1 aliphatic heterocycles. The molecule has 2 rings (SSSR count). The minimum absolute atomic E-state index is 0.163. The quantitative estimate of drug-likeness (QED) is 0.858. The first kappa shape index (κ1) is 12.0. The molecule has 90 valence electrons. The van der Waals surface area contributed by atoms with Crippen molar-refractivity contribution in [2.45, 2.75) is 45.2 Å². The van der Waals surface area contributed by atoms with Crippen LogP contribution < -0.4 is 5.73 Å². The fraction of sp³-hybridized carbons (Fsp3) is 0.750. The SMILES string of the molecule is CC(C)(C)c1csc(CN2CC[C@@H](N)C2)n1. The number of hydrogen-bond donors (Lipinski definition) is 1. The van der Waals surface area contributed by atoms with Crippen molar-refractivity contribution in [1.82, 2.24) is 9.88 Å². The van der Waals surface area contributed by atoms with Gasteiger partial charge in [0.2, 0.25) is 0 Å². The number of hydrogen-bond acceptors (Lipinski definition) is 4. The highest BCUT2D eigenvalue weighted by Gasteiger charge is 2.22. The van der Waals surface area contributed by atoms with Gasteiger partial charge >= 0.3 is 0 Å². The Balaban J connectivity index is 1.98. The van der Waals surface area contributed by atoms with E-state index in [0.29, 0.717) is 6.04 Å². The number of thiazole rings is 1. The predicted octanol–water partition coefficient (Wildman–Crippen LogP) is 1.97. The van der Waals surface area contributed by atoms with Crippen LogP contribution in [0.25, 0.3) is 0 Å². The number of aromatic nitrogens is 1. The lowest BCUT2D eigenvalue weighted by atomic mass is 9.93. The van der Waals surface area contributed by atoms with Crippen LogP contribution in [0.5, 0.6) is 0 Å². The number of nitrogens with two attached hydrogens (primary N) is 1. The largest absolute Gasteiger partial charge is 0.326 e. The second-order valence-electron chi connectivity index (χ2n) is 5.66. The Morgan fingerprint density at radius 3 is 2.81 bits per heavy atom. The molecule has 0 spiro atoms. The number of nitrogens with zero attached hydrogens (tertiary/aromatic N) is 2. The molecule has 0 radical (unpaired) electrons. The first-order chi connectivity index (χ1) is 7.45. The standard InChI is InChI=1S/C12H21N3S/c1-12(2,3)10-8-16-11(14-10)7-15-5-4-9(13)6-15/h8-9H,4-7,13H2,1-3H3/t9-/m1/s1. The molecule has 0 aromatic carbocycles. The summed E-state index contributed by atoms with van der Waals surface area (Å²) < 4.78 is 0. The number of likely N-dealkylation sites (tertiary alicyclic amines) is 1. The topological polar surface area (TPSA) is 42.1 Å². The van der Waals surface area contributed by atoms with E-state index in [1.165, 1.54) is 10.7 Å². The van der Waals surface area contributed by atoms with Crippen LogP contribution in [0.3, 0.4) is 0 Å². The van der Waals surface area contributed by atoms with Gasteiger partial charge in [-0.05, 0) is 6.42 Å². The van der Waals surface area contributed by atoms with Gasteiger partial charge in [0.1, 0.15) is 5.01 Å². The van der Waals surface area contributed by atoms with E-state index in [2.05, 4.69) is 31.1 Å². The summed E-state index contributed by atoms with van der Waals surface area (Å²) in [5.74, 6) is 0. The lowest BCUT2D eigenvalue weighted by Gasteiger charge is -2.15. The Labute approximate surface area is 102 Å². The summed E-state index contributed by atoms with van der Waals surface area (Å²) in [6.45, 7) is 9.72. The second-order valence-corrected chi connectivity index (χ2v) is 6.60. The molecule has 1 fully saturated rings. The highest BCUT2D eigenvalue weighted by Crippen LogP contribution is 2.25. The fourth-order valence-electron chi connectivity index (χ4n) is 1.93. The lowest BCUT2D eigenvalue weighted by Crippen LogP contribution is -2.26. The molecule has 2 N–H and O–H groups in total. The van der Waals surface area contributed by atoms with E-state index in [9.17, 15) is 0 Å². The molecule has 1 aromatic heterocycles. The van der Waals surface area contributed by atoms with Crippen molar-refractivity contribution < 1.29 is 0 Å². The molecule has 1 saturated heterocycles. The van der Waals surface area contributed by atoms with Crippen molar-refractivity contribution in [2.75, 3.05) is 13.1 Å². The molecule has 0 saturated carbocycles. The molecule has 4 heteroatoms. The van der Waals surface area contributed by atoms with Crippen LogP contribution >= 0.6 is 11.3 Å². The van der Waals surface area contributed by atoms with Crippen molar-refractivity contribution in [1.29, 1.82) is 0 Å². The van der Waals surface area contributed by atoms with Gasteiger partial charge in [-0.25, -0.2) is 4.98 Å². The van der Waals surface area contributed by atoms with Crippen molar-refractivity contribution >= 4 is 11.3 Å². The van der Waals surface area contributed by atoms with Crippen LogP contribution in [0.1, 0.15) is 37.9 Å². The Kier molecular flexibility index (Phi) is 3.33. The zero-order valence-electron chi connectivity index (χ0n) is 10.4. The van der Waals surface area contributed by atoms with Crippen molar-refractivity contribution in [3.63, 3.8) is 0 Å². The first-order valence-corrected chi connectivity index (χ1v) is 6.76. The summed E-state index contributed by atoms with van der Waals surface area (Å²) in [5, 5.41) is 3.41. The Hall–Kier alpha value is -0.450. The van der Waals surface area contributed by atoms with E-state index < -0.39 is 0 Å². The molecule has 2 heterocycles. The Morgan fingerprint density at radius 2 is 2.31 bits per heavy atom. The maximum absolute atomic E-state index is 5.89. The minimum Gasteiger partial charge on any atom is -0.326 e. The summed E-state index contributed by atoms with van der Waals surface area (Å²) in [6, 6.07) is 0.363. The minimum atomic E-state index is 0.163. The molecule has 16 heavy (non-hydrogen) atoms. The molecule has 3 nitrogen and oxygen atoms in total. The Bertz CT molecular complexity index is 353. The van der Waals surface area contributed by atoms with Crippen molar-refractivity contribution in [3.8, 4) is 0 Å². The van der Waals surface area contributed by atoms with Gasteiger partial charge in [0.15, 0.2) is 0 Å². The van der Waals surface area contributed by atoms with Crippen LogP contribution in [-0.4, -0.2) is 29.0 Å². The normalized spacial score (nSPS) is 22.9. The Morgan fingerprint density at radius 1 is 1.56 bits per heavy atom. The maximum atomic E-state index is 5.89. The van der Waals surface area contributed by atoms with Crippen LogP contribution in [-0.2, 0) is 12.0 Å². The van der Waals surface area contributed by atoms with Crippen LogP contribution in [0.4, 0.5) is 0 Å². The van der Waals surface area contributed by atoms with Crippen molar-refractivity contribution in [3.05, 3.63) is 16.1 Å². The molecular weight excluding hydrogens is 218 g/mol. The second kappa shape index (κ2) is 4.43. The first-order valence-electron chi connectivity index (χ1n) is 5.88. The van der Waals surface area contributed by atoms with Crippen LogP contribution in [0.2, 0.25) is 0 Å². The fourth-order valence-corrected chi connectivity index (χ4v) is 2.99. The molecule has 0 bridgehead atoms. The van der Waals surface area contributed by atoms with Crippen LogP contribution in [0, 0.1) is 0 Å². The third-order valence-electron chi connectivity index (χ3n) is 2.99. The summed E-state index contributed by atoms with van der Waals surface area (Å²) >= 11 is 1.77. The van der Waals surface area contributed by atoms with E-state index in [1.54, 1.807) is 11.3 Å². The van der Waals surface area contributed by atoms with Gasteiger partial charge in [0.25, 0.3) is 0 Å².